The predicted octanol–water partition coefficient (Wildman–Crippen LogP) is 16.1. The number of esters is 4. The maximum absolute atomic E-state index is 12.8. The average molecular weight is 1110 g/mol. The van der Waals surface area contributed by atoms with Gasteiger partial charge in [0.15, 0.2) is 0 Å². The van der Waals surface area contributed by atoms with Crippen LogP contribution in [-0.2, 0) is 38.1 Å². The number of carbonyl (C=O) groups excluding carboxylic acids is 4. The van der Waals surface area contributed by atoms with Gasteiger partial charge >= 0.3 is 23.9 Å². The number of nitrogens with zero attached hydrogens (tertiary/aromatic N) is 4. The smallest absolute Gasteiger partial charge is 0.307 e. The second kappa shape index (κ2) is 60.8. The van der Waals surface area contributed by atoms with Crippen LogP contribution < -0.4 is 0 Å². The normalized spacial score (nSPS) is 11.7. The molecule has 12 heteroatoms. The Morgan fingerprint density at radius 3 is 0.628 bits per heavy atom. The molecule has 0 saturated heterocycles. The molecule has 0 fully saturated rings. The van der Waals surface area contributed by atoms with Crippen molar-refractivity contribution in [1.29, 1.82) is 0 Å². The van der Waals surface area contributed by atoms with E-state index in [4.69, 9.17) is 18.9 Å². The molecule has 0 aromatic rings. The molecule has 0 aliphatic heterocycles. The van der Waals surface area contributed by atoms with Crippen molar-refractivity contribution in [2.75, 3.05) is 106 Å². The Morgan fingerprint density at radius 1 is 0.231 bits per heavy atom. The number of hydrogen-bond donors (Lipinski definition) is 0. The van der Waals surface area contributed by atoms with Crippen molar-refractivity contribution in [2.45, 2.75) is 297 Å². The monoisotopic (exact) mass is 1110 g/mol. The first-order valence-electron chi connectivity index (χ1n) is 33.6. The zero-order valence-electron chi connectivity index (χ0n) is 52.7. The molecule has 0 rings (SSSR count). The van der Waals surface area contributed by atoms with Crippen molar-refractivity contribution in [1.82, 2.24) is 19.6 Å². The summed E-state index contributed by atoms with van der Waals surface area (Å²) in [5, 5.41) is 0. The highest BCUT2D eigenvalue weighted by Crippen LogP contribution is 2.14. The third-order valence-electron chi connectivity index (χ3n) is 15.5. The molecule has 78 heavy (non-hydrogen) atoms. The van der Waals surface area contributed by atoms with Crippen molar-refractivity contribution in [3.63, 3.8) is 0 Å². The van der Waals surface area contributed by atoms with Crippen LogP contribution in [0.15, 0.2) is 0 Å². The van der Waals surface area contributed by atoms with Gasteiger partial charge in [-0.1, -0.05) is 233 Å². The van der Waals surface area contributed by atoms with Crippen molar-refractivity contribution in [3.8, 4) is 0 Å². The van der Waals surface area contributed by atoms with Gasteiger partial charge in [-0.25, -0.2) is 0 Å². The molecule has 0 heterocycles. The zero-order chi connectivity index (χ0) is 57.0. The van der Waals surface area contributed by atoms with E-state index < -0.39 is 0 Å². The first kappa shape index (κ1) is 75.7. The summed E-state index contributed by atoms with van der Waals surface area (Å²) in [6.07, 6.45) is 47.5. The van der Waals surface area contributed by atoms with E-state index in [1.807, 2.05) is 0 Å². The topological polar surface area (TPSA) is 118 Å². The highest BCUT2D eigenvalue weighted by atomic mass is 16.5. The van der Waals surface area contributed by atoms with E-state index >= 15 is 0 Å². The Morgan fingerprint density at radius 2 is 0.423 bits per heavy atom. The summed E-state index contributed by atoms with van der Waals surface area (Å²) in [5.74, 6) is -0.612. The second-order valence-electron chi connectivity index (χ2n) is 23.2. The molecule has 0 aromatic heterocycles. The maximum atomic E-state index is 12.8. The molecule has 0 spiro atoms. The van der Waals surface area contributed by atoms with Gasteiger partial charge in [0.2, 0.25) is 0 Å². The van der Waals surface area contributed by atoms with Gasteiger partial charge in [0.1, 0.15) is 0 Å². The molecule has 0 N–H and O–H groups in total. The molecule has 0 aromatic carbocycles. The summed E-state index contributed by atoms with van der Waals surface area (Å²) in [6, 6.07) is 0. The minimum Gasteiger partial charge on any atom is -0.466 e. The van der Waals surface area contributed by atoms with E-state index in [1.165, 1.54) is 180 Å². The summed E-state index contributed by atoms with van der Waals surface area (Å²) >= 11 is 0. The summed E-state index contributed by atoms with van der Waals surface area (Å²) in [6.45, 7) is 18.5. The largest absolute Gasteiger partial charge is 0.466 e. The number of ether oxygens (including phenoxy) is 4. The fourth-order valence-electron chi connectivity index (χ4n) is 10.0. The van der Waals surface area contributed by atoms with Gasteiger partial charge in [-0.15, -0.1) is 0 Å². The van der Waals surface area contributed by atoms with Gasteiger partial charge in [0.05, 0.1) is 52.1 Å². The minimum atomic E-state index is -0.155. The van der Waals surface area contributed by atoms with Crippen LogP contribution in [0.1, 0.15) is 297 Å². The minimum absolute atomic E-state index is 0.151. The van der Waals surface area contributed by atoms with E-state index in [-0.39, 0.29) is 23.9 Å². The average Bonchev–Trinajstić information content (AvgIpc) is 3.43. The lowest BCUT2D eigenvalue weighted by Crippen LogP contribution is -2.36. The van der Waals surface area contributed by atoms with Gasteiger partial charge in [-0.2, -0.15) is 0 Å². The number of rotatable bonds is 63. The van der Waals surface area contributed by atoms with E-state index in [0.717, 1.165) is 103 Å². The lowest BCUT2D eigenvalue weighted by Gasteiger charge is -2.26. The standard InChI is InChI=1S/C66H130N4O8/c1-7-11-15-19-23-27-29-33-37-41-61-77-65(73)47-55-70(56-48-66(74)78-62-42-38-34-30-28-24-20-16-12-8-2)52-44-50-68(6)58-57-67(5)49-43-51-69(53-45-63(71)75-59-39-35-31-25-21-17-13-9-3)54-46-64(72)76-60-40-36-32-26-22-18-14-10-4/h7-62H2,1-6H3. The summed E-state index contributed by atoms with van der Waals surface area (Å²) in [7, 11) is 4.33. The lowest BCUT2D eigenvalue weighted by molar-refractivity contribution is -0.146. The van der Waals surface area contributed by atoms with Crippen LogP contribution >= 0.6 is 0 Å². The van der Waals surface area contributed by atoms with E-state index in [1.54, 1.807) is 0 Å². The molecule has 0 unspecified atom stereocenters. The van der Waals surface area contributed by atoms with Crippen LogP contribution in [0.2, 0.25) is 0 Å². The predicted molar refractivity (Wildman–Crippen MR) is 328 cm³/mol. The maximum Gasteiger partial charge on any atom is 0.307 e. The van der Waals surface area contributed by atoms with Gasteiger partial charge in [-0.05, 0) is 78.8 Å². The second-order valence-corrected chi connectivity index (χ2v) is 23.2. The Balaban J connectivity index is 4.96. The van der Waals surface area contributed by atoms with Crippen LogP contribution in [0.4, 0.5) is 0 Å². The van der Waals surface area contributed by atoms with Crippen molar-refractivity contribution < 1.29 is 38.1 Å². The number of unbranched alkanes of at least 4 members (excludes halogenated alkanes) is 32. The zero-order valence-corrected chi connectivity index (χ0v) is 52.7. The Kier molecular flexibility index (Phi) is 59.0. The van der Waals surface area contributed by atoms with Gasteiger partial charge in [-0.3, -0.25) is 19.2 Å². The highest BCUT2D eigenvalue weighted by Gasteiger charge is 2.16. The molecule has 0 aliphatic rings. The lowest BCUT2D eigenvalue weighted by atomic mass is 10.1. The van der Waals surface area contributed by atoms with Crippen LogP contribution in [-0.4, -0.2) is 149 Å². The molecule has 0 saturated carbocycles. The Bertz CT molecular complexity index is 1230. The third kappa shape index (κ3) is 57.0. The quantitative estimate of drug-likeness (QED) is 0.0328. The van der Waals surface area contributed by atoms with E-state index in [2.05, 4.69) is 61.4 Å². The Labute approximate surface area is 483 Å². The number of carbonyl (C=O) groups is 4. The molecule has 462 valence electrons. The fraction of sp³-hybridized carbons (Fsp3) is 0.939. The molecule has 12 nitrogen and oxygen atoms in total. The molecular formula is C66H130N4O8. The number of likely N-dealkylation sites (N-methyl/N-ethyl adjacent to an activating group) is 2. The van der Waals surface area contributed by atoms with Crippen LogP contribution in [0.25, 0.3) is 0 Å². The molecule has 0 aliphatic carbocycles. The molecule has 0 amide bonds. The molecular weight excluding hydrogens is 977 g/mol. The first-order chi connectivity index (χ1) is 38.1. The van der Waals surface area contributed by atoms with Crippen molar-refractivity contribution >= 4 is 23.9 Å². The van der Waals surface area contributed by atoms with Crippen molar-refractivity contribution in [2.24, 2.45) is 0 Å². The van der Waals surface area contributed by atoms with Gasteiger partial charge < -0.3 is 38.5 Å². The molecule has 0 radical (unpaired) electrons. The molecule has 0 atom stereocenters. The summed E-state index contributed by atoms with van der Waals surface area (Å²) in [5.41, 5.74) is 0. The highest BCUT2D eigenvalue weighted by molar-refractivity contribution is 5.71. The van der Waals surface area contributed by atoms with Crippen molar-refractivity contribution in [3.05, 3.63) is 0 Å². The fourth-order valence-corrected chi connectivity index (χ4v) is 10.0. The Hall–Kier alpha value is -2.28. The molecule has 0 bridgehead atoms. The first-order valence-corrected chi connectivity index (χ1v) is 33.6. The van der Waals surface area contributed by atoms with Crippen LogP contribution in [0.5, 0.6) is 0 Å². The number of hydrogen-bond acceptors (Lipinski definition) is 12. The van der Waals surface area contributed by atoms with Crippen LogP contribution in [0.3, 0.4) is 0 Å². The van der Waals surface area contributed by atoms with E-state index in [0.29, 0.717) is 78.3 Å². The third-order valence-corrected chi connectivity index (χ3v) is 15.5. The van der Waals surface area contributed by atoms with Crippen LogP contribution in [0, 0.1) is 0 Å². The SMILES string of the molecule is CCCCCCCCCCCCOC(=O)CCN(CCCN(C)CCN(C)CCCN(CCC(=O)OCCCCCCCCCC)CCC(=O)OCCCCCCCCCC)CCC(=O)OCCCCCCCCCCCC. The summed E-state index contributed by atoms with van der Waals surface area (Å²) < 4.78 is 22.5. The van der Waals surface area contributed by atoms with Gasteiger partial charge in [0, 0.05) is 39.3 Å². The van der Waals surface area contributed by atoms with E-state index in [9.17, 15) is 19.2 Å². The summed E-state index contributed by atoms with van der Waals surface area (Å²) in [4.78, 5) is 60.4. The van der Waals surface area contributed by atoms with Gasteiger partial charge in [0.25, 0.3) is 0 Å².